The molecular formula is C13H13KO4. The number of aliphatic carboxylic acids is 1. The van der Waals surface area contributed by atoms with Crippen LogP contribution in [0.2, 0.25) is 0 Å². The smallest absolute Gasteiger partial charge is 0.549 e. The number of hydrogen-bond donors (Lipinski definition) is 0. The van der Waals surface area contributed by atoms with Gasteiger partial charge in [0, 0.05) is 5.92 Å². The van der Waals surface area contributed by atoms with Crippen LogP contribution in [0.4, 0.5) is 0 Å². The number of hydrogen-bond acceptors (Lipinski definition) is 4. The SMILES string of the molecule is CCOC(=O)C1(C(=O)[O-])CC1c1ccccc1.[K+]. The standard InChI is InChI=1S/C13H14O4.K/c1-2-17-12(16)13(11(14)15)8-10(13)9-6-4-3-5-7-9;/h3-7,10H,2,8H2,1H3,(H,14,15);/q;+1/p-1. The molecule has 2 atom stereocenters. The normalized spacial score (nSPS) is 24.8. The number of ether oxygens (including phenoxy) is 1. The Kier molecular flexibility index (Phi) is 5.55. The average Bonchev–Trinajstić information content (AvgIpc) is 3.07. The van der Waals surface area contributed by atoms with Crippen LogP contribution in [0.15, 0.2) is 30.3 Å². The minimum atomic E-state index is -1.47. The van der Waals surface area contributed by atoms with Crippen LogP contribution in [-0.2, 0) is 14.3 Å². The summed E-state index contributed by atoms with van der Waals surface area (Å²) in [5, 5.41) is 11.2. The van der Waals surface area contributed by atoms with Crippen molar-refractivity contribution in [2.75, 3.05) is 6.61 Å². The van der Waals surface area contributed by atoms with Crippen molar-refractivity contribution in [1.82, 2.24) is 0 Å². The summed E-state index contributed by atoms with van der Waals surface area (Å²) in [6.07, 6.45) is 0.262. The van der Waals surface area contributed by atoms with E-state index < -0.39 is 17.4 Å². The molecule has 0 aromatic heterocycles. The summed E-state index contributed by atoms with van der Waals surface area (Å²) in [4.78, 5) is 22.9. The van der Waals surface area contributed by atoms with E-state index in [0.29, 0.717) is 0 Å². The first-order chi connectivity index (χ1) is 8.13. The zero-order chi connectivity index (χ0) is 12.5. The Bertz CT molecular complexity index is 446. The number of esters is 1. The summed E-state index contributed by atoms with van der Waals surface area (Å²) >= 11 is 0. The summed E-state index contributed by atoms with van der Waals surface area (Å²) in [7, 11) is 0. The van der Waals surface area contributed by atoms with E-state index in [1.54, 1.807) is 6.92 Å². The Morgan fingerprint density at radius 1 is 1.39 bits per heavy atom. The Hall–Kier alpha value is -0.204. The summed E-state index contributed by atoms with van der Waals surface area (Å²) in [5.41, 5.74) is -0.637. The molecule has 1 aliphatic rings. The molecular weight excluding hydrogens is 259 g/mol. The molecule has 0 aliphatic heterocycles. The van der Waals surface area contributed by atoms with E-state index >= 15 is 0 Å². The maximum absolute atomic E-state index is 11.7. The number of carbonyl (C=O) groups is 2. The molecule has 0 spiro atoms. The Morgan fingerprint density at radius 2 is 2.00 bits per heavy atom. The van der Waals surface area contributed by atoms with Gasteiger partial charge in [0.1, 0.15) is 5.41 Å². The van der Waals surface area contributed by atoms with Gasteiger partial charge in [-0.3, -0.25) is 4.79 Å². The quantitative estimate of drug-likeness (QED) is 0.345. The van der Waals surface area contributed by atoms with Crippen LogP contribution in [0.3, 0.4) is 0 Å². The minimum Gasteiger partial charge on any atom is -0.549 e. The van der Waals surface area contributed by atoms with Gasteiger partial charge in [-0.25, -0.2) is 0 Å². The third-order valence-corrected chi connectivity index (χ3v) is 3.17. The molecule has 0 heterocycles. The molecule has 0 amide bonds. The van der Waals surface area contributed by atoms with E-state index in [9.17, 15) is 14.7 Å². The fourth-order valence-corrected chi connectivity index (χ4v) is 2.15. The molecule has 90 valence electrons. The molecule has 5 heteroatoms. The zero-order valence-electron chi connectivity index (χ0n) is 10.5. The summed E-state index contributed by atoms with van der Waals surface area (Å²) in [5.74, 6) is -2.36. The molecule has 1 aliphatic carbocycles. The van der Waals surface area contributed by atoms with Crippen molar-refractivity contribution in [3.05, 3.63) is 35.9 Å². The Morgan fingerprint density at radius 3 is 2.50 bits per heavy atom. The second kappa shape index (κ2) is 6.30. The van der Waals surface area contributed by atoms with E-state index in [1.807, 2.05) is 30.3 Å². The third-order valence-electron chi connectivity index (χ3n) is 3.17. The number of benzene rings is 1. The first kappa shape index (κ1) is 15.9. The van der Waals surface area contributed by atoms with Crippen molar-refractivity contribution < 1.29 is 70.8 Å². The van der Waals surface area contributed by atoms with Crippen LogP contribution in [-0.4, -0.2) is 18.5 Å². The topological polar surface area (TPSA) is 66.4 Å². The molecule has 1 fully saturated rings. The summed E-state index contributed by atoms with van der Waals surface area (Å²) < 4.78 is 4.82. The van der Waals surface area contributed by atoms with Gasteiger partial charge in [0.15, 0.2) is 0 Å². The zero-order valence-corrected chi connectivity index (χ0v) is 13.6. The van der Waals surface area contributed by atoms with Crippen molar-refractivity contribution in [2.24, 2.45) is 5.41 Å². The molecule has 0 N–H and O–H groups in total. The molecule has 1 aromatic rings. The minimum absolute atomic E-state index is 0. The van der Waals surface area contributed by atoms with Crippen molar-refractivity contribution in [3.63, 3.8) is 0 Å². The van der Waals surface area contributed by atoms with E-state index in [-0.39, 0.29) is 70.3 Å². The molecule has 2 rings (SSSR count). The Balaban J connectivity index is 0.00000162. The Labute approximate surface area is 148 Å². The van der Waals surface area contributed by atoms with Gasteiger partial charge in [0.05, 0.1) is 12.6 Å². The maximum atomic E-state index is 11.7. The molecule has 2 unspecified atom stereocenters. The third kappa shape index (κ3) is 2.70. The van der Waals surface area contributed by atoms with Crippen molar-refractivity contribution in [3.8, 4) is 0 Å². The van der Waals surface area contributed by atoms with Gasteiger partial charge in [-0.05, 0) is 18.9 Å². The van der Waals surface area contributed by atoms with Crippen LogP contribution in [0, 0.1) is 5.41 Å². The first-order valence-corrected chi connectivity index (χ1v) is 5.56. The number of carboxylic acid groups (broad SMARTS) is 1. The van der Waals surface area contributed by atoms with Gasteiger partial charge in [-0.2, -0.15) is 0 Å². The van der Waals surface area contributed by atoms with E-state index in [4.69, 9.17) is 4.74 Å². The average molecular weight is 272 g/mol. The first-order valence-electron chi connectivity index (χ1n) is 5.56. The largest absolute Gasteiger partial charge is 1.00 e. The molecule has 0 saturated heterocycles. The van der Waals surface area contributed by atoms with Crippen LogP contribution in [0.5, 0.6) is 0 Å². The second-order valence-corrected chi connectivity index (χ2v) is 4.15. The van der Waals surface area contributed by atoms with E-state index in [0.717, 1.165) is 5.56 Å². The van der Waals surface area contributed by atoms with Gasteiger partial charge in [0.25, 0.3) is 0 Å². The van der Waals surface area contributed by atoms with Crippen molar-refractivity contribution >= 4 is 11.9 Å². The van der Waals surface area contributed by atoms with Gasteiger partial charge in [0.2, 0.25) is 0 Å². The number of carbonyl (C=O) groups excluding carboxylic acids is 2. The van der Waals surface area contributed by atoms with Gasteiger partial charge < -0.3 is 14.6 Å². The number of carboxylic acids is 1. The van der Waals surface area contributed by atoms with Crippen LogP contribution >= 0.6 is 0 Å². The van der Waals surface area contributed by atoms with Crippen LogP contribution < -0.4 is 56.5 Å². The predicted molar refractivity (Wildman–Crippen MR) is 57.9 cm³/mol. The van der Waals surface area contributed by atoms with Crippen LogP contribution in [0.25, 0.3) is 0 Å². The molecule has 0 radical (unpaired) electrons. The fourth-order valence-electron chi connectivity index (χ4n) is 2.15. The number of rotatable bonds is 4. The van der Waals surface area contributed by atoms with Crippen molar-refractivity contribution in [1.29, 1.82) is 0 Å². The summed E-state index contributed by atoms with van der Waals surface area (Å²) in [6, 6.07) is 9.11. The van der Waals surface area contributed by atoms with Gasteiger partial charge in [-0.15, -0.1) is 0 Å². The summed E-state index contributed by atoms with van der Waals surface area (Å²) in [6.45, 7) is 1.83. The van der Waals surface area contributed by atoms with Crippen molar-refractivity contribution in [2.45, 2.75) is 19.3 Å². The fraction of sp³-hybridized carbons (Fsp3) is 0.385. The van der Waals surface area contributed by atoms with E-state index in [2.05, 4.69) is 0 Å². The second-order valence-electron chi connectivity index (χ2n) is 4.15. The molecule has 4 nitrogen and oxygen atoms in total. The van der Waals surface area contributed by atoms with Crippen LogP contribution in [0.1, 0.15) is 24.8 Å². The monoisotopic (exact) mass is 272 g/mol. The maximum Gasteiger partial charge on any atom is 1.00 e. The molecule has 18 heavy (non-hydrogen) atoms. The van der Waals surface area contributed by atoms with E-state index in [1.165, 1.54) is 0 Å². The van der Waals surface area contributed by atoms with Gasteiger partial charge >= 0.3 is 57.4 Å². The molecule has 1 saturated carbocycles. The van der Waals surface area contributed by atoms with Gasteiger partial charge in [-0.1, -0.05) is 30.3 Å². The molecule has 1 aromatic carbocycles. The predicted octanol–water partition coefficient (Wildman–Crippen LogP) is -2.52. The molecule has 0 bridgehead atoms.